The molecule has 1 aliphatic heterocycles. The summed E-state index contributed by atoms with van der Waals surface area (Å²) in [6, 6.07) is 0.359. The molecule has 3 rings (SSSR count). The molecule has 114 valence electrons. The highest BCUT2D eigenvalue weighted by molar-refractivity contribution is 7.99. The highest BCUT2D eigenvalue weighted by Gasteiger charge is 2.30. The van der Waals surface area contributed by atoms with E-state index >= 15 is 0 Å². The number of amides is 1. The smallest absolute Gasteiger partial charge is 0.334 e. The number of thioether (sulfide) groups is 1. The Morgan fingerprint density at radius 2 is 2.24 bits per heavy atom. The van der Waals surface area contributed by atoms with Gasteiger partial charge in [-0.3, -0.25) is 4.79 Å². The van der Waals surface area contributed by atoms with Gasteiger partial charge in [-0.15, -0.1) is 5.10 Å². The summed E-state index contributed by atoms with van der Waals surface area (Å²) in [4.78, 5) is 24.5. The molecule has 9 nitrogen and oxygen atoms in total. The summed E-state index contributed by atoms with van der Waals surface area (Å²) in [6.07, 6.45) is 1.19. The standard InChI is InChI=1S/C11H15N5O4S/c17-9(15-3-4-20-8(5-15)10(18)19)6-21-11-12-13-14-16(11)7-1-2-7/h7-8H,1-6H2,(H,18,19). The van der Waals surface area contributed by atoms with E-state index in [1.165, 1.54) is 16.7 Å². The number of carbonyl (C=O) groups excluding carboxylic acids is 1. The molecule has 2 heterocycles. The van der Waals surface area contributed by atoms with Gasteiger partial charge < -0.3 is 14.7 Å². The van der Waals surface area contributed by atoms with Gasteiger partial charge in [0.15, 0.2) is 6.10 Å². The number of nitrogens with zero attached hydrogens (tertiary/aromatic N) is 5. The first kappa shape index (κ1) is 14.3. The van der Waals surface area contributed by atoms with Crippen molar-refractivity contribution < 1.29 is 19.4 Å². The first-order valence-electron chi connectivity index (χ1n) is 6.68. The van der Waals surface area contributed by atoms with Crippen molar-refractivity contribution in [3.63, 3.8) is 0 Å². The van der Waals surface area contributed by atoms with Crippen LogP contribution in [0.25, 0.3) is 0 Å². The van der Waals surface area contributed by atoms with E-state index < -0.39 is 12.1 Å². The summed E-state index contributed by atoms with van der Waals surface area (Å²) in [5, 5.41) is 21.0. The van der Waals surface area contributed by atoms with Crippen molar-refractivity contribution in [1.82, 2.24) is 25.1 Å². The van der Waals surface area contributed by atoms with Crippen molar-refractivity contribution in [2.75, 3.05) is 25.4 Å². The van der Waals surface area contributed by atoms with Crippen molar-refractivity contribution in [2.45, 2.75) is 30.1 Å². The first-order chi connectivity index (χ1) is 10.1. The van der Waals surface area contributed by atoms with Crippen molar-refractivity contribution in [3.8, 4) is 0 Å². The maximum atomic E-state index is 12.1. The van der Waals surface area contributed by atoms with Gasteiger partial charge in [0.2, 0.25) is 11.1 Å². The Morgan fingerprint density at radius 3 is 2.95 bits per heavy atom. The molecule has 1 saturated heterocycles. The lowest BCUT2D eigenvalue weighted by Gasteiger charge is -2.30. The second-order valence-corrected chi connectivity index (χ2v) is 5.91. The van der Waals surface area contributed by atoms with E-state index in [0.29, 0.717) is 17.7 Å². The summed E-state index contributed by atoms with van der Waals surface area (Å²) in [5.74, 6) is -0.975. The summed E-state index contributed by atoms with van der Waals surface area (Å²) >= 11 is 1.28. The predicted molar refractivity (Wildman–Crippen MR) is 70.8 cm³/mol. The Labute approximate surface area is 124 Å². The number of aromatic nitrogens is 4. The lowest BCUT2D eigenvalue weighted by atomic mass is 10.3. The number of hydrogen-bond acceptors (Lipinski definition) is 7. The van der Waals surface area contributed by atoms with Gasteiger partial charge in [0.05, 0.1) is 24.9 Å². The number of carbonyl (C=O) groups is 2. The molecule has 1 unspecified atom stereocenters. The molecule has 1 aliphatic carbocycles. The van der Waals surface area contributed by atoms with E-state index in [2.05, 4.69) is 15.5 Å². The highest BCUT2D eigenvalue weighted by Crippen LogP contribution is 2.36. The topological polar surface area (TPSA) is 110 Å². The molecule has 2 aliphatic rings. The lowest BCUT2D eigenvalue weighted by Crippen LogP contribution is -2.49. The number of rotatable bonds is 5. The second kappa shape index (κ2) is 5.98. The molecule has 1 aromatic rings. The van der Waals surface area contributed by atoms with Crippen molar-refractivity contribution in [3.05, 3.63) is 0 Å². The van der Waals surface area contributed by atoms with Crippen molar-refractivity contribution >= 4 is 23.6 Å². The maximum Gasteiger partial charge on any atom is 0.334 e. The van der Waals surface area contributed by atoms with Gasteiger partial charge in [0.1, 0.15) is 0 Å². The van der Waals surface area contributed by atoms with Gasteiger partial charge in [-0.25, -0.2) is 9.48 Å². The van der Waals surface area contributed by atoms with E-state index in [4.69, 9.17) is 9.84 Å². The summed E-state index contributed by atoms with van der Waals surface area (Å²) in [7, 11) is 0. The Morgan fingerprint density at radius 1 is 1.43 bits per heavy atom. The third-order valence-corrected chi connectivity index (χ3v) is 4.29. The molecule has 1 N–H and O–H groups in total. The number of morpholine rings is 1. The van der Waals surface area contributed by atoms with Crippen LogP contribution in [-0.2, 0) is 14.3 Å². The molecule has 1 atom stereocenters. The number of carboxylic acids is 1. The number of ether oxygens (including phenoxy) is 1. The lowest BCUT2D eigenvalue weighted by molar-refractivity contribution is -0.158. The molecule has 1 aromatic heterocycles. The van der Waals surface area contributed by atoms with Crippen LogP contribution in [0.4, 0.5) is 0 Å². The normalized spacial score (nSPS) is 22.3. The Balaban J connectivity index is 1.53. The van der Waals surface area contributed by atoms with Crippen LogP contribution in [0.5, 0.6) is 0 Å². The predicted octanol–water partition coefficient (Wildman–Crippen LogP) is -0.588. The van der Waals surface area contributed by atoms with Crippen molar-refractivity contribution in [2.24, 2.45) is 0 Å². The molecule has 0 bridgehead atoms. The fourth-order valence-corrected chi connectivity index (χ4v) is 2.92. The zero-order chi connectivity index (χ0) is 14.8. The molecule has 2 fully saturated rings. The zero-order valence-electron chi connectivity index (χ0n) is 11.2. The fourth-order valence-electron chi connectivity index (χ4n) is 2.07. The number of hydrogen-bond donors (Lipinski definition) is 1. The van der Waals surface area contributed by atoms with Gasteiger partial charge in [-0.1, -0.05) is 11.8 Å². The van der Waals surface area contributed by atoms with Crippen molar-refractivity contribution in [1.29, 1.82) is 0 Å². The molecule has 21 heavy (non-hydrogen) atoms. The number of aliphatic carboxylic acids is 1. The molecule has 1 amide bonds. The fraction of sp³-hybridized carbons (Fsp3) is 0.727. The molecular weight excluding hydrogens is 298 g/mol. The van der Waals surface area contributed by atoms with Gasteiger partial charge in [-0.2, -0.15) is 0 Å². The van der Waals surface area contributed by atoms with Crippen LogP contribution < -0.4 is 0 Å². The number of tetrazole rings is 1. The van der Waals surface area contributed by atoms with Crippen LogP contribution in [0.2, 0.25) is 0 Å². The van der Waals surface area contributed by atoms with Crippen LogP contribution in [-0.4, -0.2) is 73.6 Å². The van der Waals surface area contributed by atoms with Gasteiger partial charge in [0, 0.05) is 6.54 Å². The SMILES string of the molecule is O=C(O)C1CN(C(=O)CSc2nnnn2C2CC2)CCO1. The second-order valence-electron chi connectivity index (χ2n) is 4.96. The summed E-state index contributed by atoms with van der Waals surface area (Å²) in [5.41, 5.74) is 0. The monoisotopic (exact) mass is 313 g/mol. The third-order valence-electron chi connectivity index (χ3n) is 3.37. The Kier molecular flexibility index (Phi) is 4.06. The average Bonchev–Trinajstić information content (AvgIpc) is 3.23. The van der Waals surface area contributed by atoms with Gasteiger partial charge >= 0.3 is 5.97 Å². The largest absolute Gasteiger partial charge is 0.479 e. The molecule has 1 saturated carbocycles. The third kappa shape index (κ3) is 3.32. The van der Waals surface area contributed by atoms with Crippen LogP contribution in [0.1, 0.15) is 18.9 Å². The van der Waals surface area contributed by atoms with Gasteiger partial charge in [-0.05, 0) is 23.3 Å². The van der Waals surface area contributed by atoms with Crippen LogP contribution in [0.3, 0.4) is 0 Å². The van der Waals surface area contributed by atoms with E-state index in [9.17, 15) is 9.59 Å². The van der Waals surface area contributed by atoms with E-state index in [-0.39, 0.29) is 24.8 Å². The van der Waals surface area contributed by atoms with Crippen LogP contribution >= 0.6 is 11.8 Å². The van der Waals surface area contributed by atoms with Crippen LogP contribution in [0.15, 0.2) is 5.16 Å². The highest BCUT2D eigenvalue weighted by atomic mass is 32.2. The minimum atomic E-state index is -1.04. The average molecular weight is 313 g/mol. The van der Waals surface area contributed by atoms with E-state index in [0.717, 1.165) is 12.8 Å². The molecule has 0 aromatic carbocycles. The van der Waals surface area contributed by atoms with E-state index in [1.807, 2.05) is 0 Å². The Hall–Kier alpha value is -1.68. The van der Waals surface area contributed by atoms with Crippen LogP contribution in [0, 0.1) is 0 Å². The molecular formula is C11H15N5O4S. The minimum absolute atomic E-state index is 0.0856. The molecule has 0 radical (unpaired) electrons. The van der Waals surface area contributed by atoms with E-state index in [1.54, 1.807) is 4.68 Å². The molecule has 0 spiro atoms. The summed E-state index contributed by atoms with van der Waals surface area (Å²) < 4.78 is 6.84. The quantitative estimate of drug-likeness (QED) is 0.718. The number of carboxylic acid groups (broad SMARTS) is 1. The summed E-state index contributed by atoms with van der Waals surface area (Å²) in [6.45, 7) is 0.742. The Bertz CT molecular complexity index is 546. The zero-order valence-corrected chi connectivity index (χ0v) is 12.0. The maximum absolute atomic E-state index is 12.1. The molecule has 10 heteroatoms. The minimum Gasteiger partial charge on any atom is -0.479 e. The first-order valence-corrected chi connectivity index (χ1v) is 7.66. The van der Waals surface area contributed by atoms with Gasteiger partial charge in [0.25, 0.3) is 0 Å².